The molecule has 0 bridgehead atoms. The van der Waals surface area contributed by atoms with Crippen molar-refractivity contribution in [3.63, 3.8) is 0 Å². The van der Waals surface area contributed by atoms with Crippen molar-refractivity contribution in [2.75, 3.05) is 22.5 Å². The zero-order valence-corrected chi connectivity index (χ0v) is 18.1. The highest BCUT2D eigenvalue weighted by atomic mass is 32.2. The maximum absolute atomic E-state index is 13.5. The number of alkyl halides is 3. The monoisotopic (exact) mass is 499 g/mol. The molecule has 0 radical (unpaired) electrons. The van der Waals surface area contributed by atoms with Crippen molar-refractivity contribution in [3.05, 3.63) is 47.9 Å². The molecular formula is C19H17F4N7O3S. The van der Waals surface area contributed by atoms with Crippen LogP contribution < -0.4 is 10.2 Å². The number of halogens is 4. The molecule has 0 saturated heterocycles. The van der Waals surface area contributed by atoms with Crippen molar-refractivity contribution in [3.8, 4) is 0 Å². The van der Waals surface area contributed by atoms with Gasteiger partial charge in [-0.1, -0.05) is 6.07 Å². The maximum Gasteiger partial charge on any atom is 0.490 e. The largest absolute Gasteiger partial charge is 0.490 e. The first-order valence-corrected chi connectivity index (χ1v) is 11.2. The first-order chi connectivity index (χ1) is 16.1. The first-order valence-electron chi connectivity index (χ1n) is 9.85. The Morgan fingerprint density at radius 2 is 1.97 bits per heavy atom. The number of aromatic nitrogens is 5. The number of nitrogens with one attached hydrogen (secondary N) is 1. The topological polar surface area (TPSA) is 126 Å². The van der Waals surface area contributed by atoms with Crippen molar-refractivity contribution in [2.24, 2.45) is 0 Å². The molecule has 0 fully saturated rings. The van der Waals surface area contributed by atoms with Crippen molar-refractivity contribution in [1.82, 2.24) is 24.7 Å². The van der Waals surface area contributed by atoms with E-state index >= 15 is 0 Å². The minimum atomic E-state index is -5.08. The summed E-state index contributed by atoms with van der Waals surface area (Å²) in [4.78, 5) is 20.8. The summed E-state index contributed by atoms with van der Waals surface area (Å²) in [5.41, 5.74) is 1.34. The van der Waals surface area contributed by atoms with Gasteiger partial charge in [0.15, 0.2) is 11.6 Å². The Kier molecular flexibility index (Phi) is 6.45. The normalized spacial score (nSPS) is 16.8. The molecule has 0 aliphatic carbocycles. The van der Waals surface area contributed by atoms with Crippen LogP contribution in [0.3, 0.4) is 0 Å². The molecule has 4 heterocycles. The number of aliphatic carboxylic acids is 1. The number of rotatable bonds is 3. The van der Waals surface area contributed by atoms with Crippen LogP contribution in [0.1, 0.15) is 11.5 Å². The molecule has 10 nitrogen and oxygen atoms in total. The number of fused-ring (bicyclic) bond motifs is 2. The number of carboxylic acid groups (broad SMARTS) is 1. The smallest absolute Gasteiger partial charge is 0.475 e. The van der Waals surface area contributed by atoms with E-state index in [4.69, 9.17) is 9.90 Å². The van der Waals surface area contributed by atoms with Crippen LogP contribution in [0.25, 0.3) is 0 Å². The zero-order valence-electron chi connectivity index (χ0n) is 17.3. The van der Waals surface area contributed by atoms with E-state index in [1.54, 1.807) is 18.5 Å². The van der Waals surface area contributed by atoms with Gasteiger partial charge >= 0.3 is 12.1 Å². The van der Waals surface area contributed by atoms with Gasteiger partial charge in [0.25, 0.3) is 0 Å². The summed E-state index contributed by atoms with van der Waals surface area (Å²) in [6.45, 7) is 2.04. The number of aryl methyl sites for hydroxylation is 1. The lowest BCUT2D eigenvalue weighted by atomic mass is 10.3. The molecule has 1 atom stereocenters. The predicted molar refractivity (Wildman–Crippen MR) is 111 cm³/mol. The van der Waals surface area contributed by atoms with Gasteiger partial charge in [-0.05, 0) is 18.2 Å². The molecule has 2 aromatic heterocycles. The van der Waals surface area contributed by atoms with Crippen LogP contribution in [0.5, 0.6) is 0 Å². The predicted octanol–water partition coefficient (Wildman–Crippen LogP) is 2.27. The van der Waals surface area contributed by atoms with Gasteiger partial charge in [0.1, 0.15) is 17.0 Å². The van der Waals surface area contributed by atoms with Crippen LogP contribution in [-0.4, -0.2) is 58.5 Å². The van der Waals surface area contributed by atoms with Crippen molar-refractivity contribution in [2.45, 2.75) is 30.6 Å². The highest BCUT2D eigenvalue weighted by Gasteiger charge is 2.38. The minimum Gasteiger partial charge on any atom is -0.475 e. The Bertz CT molecular complexity index is 1250. The van der Waals surface area contributed by atoms with E-state index in [9.17, 15) is 21.8 Å². The van der Waals surface area contributed by atoms with E-state index in [2.05, 4.69) is 25.5 Å². The molecule has 1 aromatic carbocycles. The van der Waals surface area contributed by atoms with E-state index in [0.29, 0.717) is 41.1 Å². The molecule has 15 heteroatoms. The van der Waals surface area contributed by atoms with Crippen LogP contribution >= 0.6 is 0 Å². The van der Waals surface area contributed by atoms with E-state index < -0.39 is 22.9 Å². The second-order valence-corrected chi connectivity index (χ2v) is 8.76. The van der Waals surface area contributed by atoms with Gasteiger partial charge < -0.3 is 19.9 Å². The molecule has 3 aromatic rings. The number of nitrogens with zero attached hydrogens (tertiary/aromatic N) is 6. The molecular weight excluding hydrogens is 482 g/mol. The highest BCUT2D eigenvalue weighted by Crippen LogP contribution is 2.32. The van der Waals surface area contributed by atoms with Gasteiger partial charge in [-0.25, -0.2) is 14.2 Å². The Morgan fingerprint density at radius 3 is 2.68 bits per heavy atom. The van der Waals surface area contributed by atoms with Crippen LogP contribution in [0.4, 0.5) is 35.0 Å². The fourth-order valence-electron chi connectivity index (χ4n) is 3.35. The summed E-state index contributed by atoms with van der Waals surface area (Å²) < 4.78 is 59.7. The second-order valence-electron chi connectivity index (χ2n) is 7.25. The zero-order chi connectivity index (χ0) is 24.5. The third-order valence-electron chi connectivity index (χ3n) is 4.93. The van der Waals surface area contributed by atoms with Gasteiger partial charge in [-0.3, -0.25) is 4.21 Å². The van der Waals surface area contributed by atoms with Gasteiger partial charge in [0, 0.05) is 31.0 Å². The number of benzene rings is 1. The molecule has 5 rings (SSSR count). The Labute approximate surface area is 192 Å². The first kappa shape index (κ1) is 23.5. The summed E-state index contributed by atoms with van der Waals surface area (Å²) in [5.74, 6) is -0.688. The SMILES string of the molecule is O=C(O)C(F)(F)F.O=S1CCc2nc(N3CCn4cnnc4C3)nc(Nc3cccc(F)c3)c21. The minimum absolute atomic E-state index is 0.345. The average Bonchev–Trinajstić information content (AvgIpc) is 3.39. The van der Waals surface area contributed by atoms with Crippen molar-refractivity contribution in [1.29, 1.82) is 0 Å². The summed E-state index contributed by atoms with van der Waals surface area (Å²) in [6.07, 6.45) is -2.73. The molecule has 180 valence electrons. The lowest BCUT2D eigenvalue weighted by Crippen LogP contribution is -2.35. The number of carbonyl (C=O) groups is 1. The van der Waals surface area contributed by atoms with Crippen LogP contribution in [0, 0.1) is 5.82 Å². The number of carboxylic acids is 1. The quantitative estimate of drug-likeness (QED) is 0.522. The molecule has 0 amide bonds. The van der Waals surface area contributed by atoms with Crippen LogP contribution in [0.2, 0.25) is 0 Å². The Morgan fingerprint density at radius 1 is 1.21 bits per heavy atom. The lowest BCUT2D eigenvalue weighted by molar-refractivity contribution is -0.192. The van der Waals surface area contributed by atoms with Crippen LogP contribution in [-0.2, 0) is 35.1 Å². The van der Waals surface area contributed by atoms with Crippen LogP contribution in [0.15, 0.2) is 35.5 Å². The van der Waals surface area contributed by atoms with E-state index in [1.807, 2.05) is 9.47 Å². The van der Waals surface area contributed by atoms with Crippen molar-refractivity contribution < 1.29 is 31.7 Å². The molecule has 0 saturated carbocycles. The lowest BCUT2D eigenvalue weighted by Gasteiger charge is -2.27. The summed E-state index contributed by atoms with van der Waals surface area (Å²) in [7, 11) is -1.16. The third kappa shape index (κ3) is 5.13. The summed E-state index contributed by atoms with van der Waals surface area (Å²) in [5, 5.41) is 18.3. The van der Waals surface area contributed by atoms with E-state index in [0.717, 1.165) is 24.6 Å². The highest BCUT2D eigenvalue weighted by molar-refractivity contribution is 7.85. The van der Waals surface area contributed by atoms with Gasteiger partial charge in [0.2, 0.25) is 5.95 Å². The summed E-state index contributed by atoms with van der Waals surface area (Å²) in [6, 6.07) is 6.13. The number of anilines is 3. The maximum atomic E-state index is 13.5. The standard InChI is InChI=1S/C17H16FN7OS.C2HF3O2/c18-11-2-1-3-12(8-11)20-16-15-13(4-7-27(15)26)21-17(22-16)24-5-6-25-10-19-23-14(25)9-24;3-2(4,5)1(6)7/h1-3,8,10H,4-7,9H2,(H,20,21,22);(H,6,7). The molecule has 2 aliphatic heterocycles. The van der Waals surface area contributed by atoms with E-state index in [1.165, 1.54) is 12.1 Å². The number of hydrogen-bond acceptors (Lipinski definition) is 8. The average molecular weight is 499 g/mol. The molecule has 34 heavy (non-hydrogen) atoms. The third-order valence-corrected chi connectivity index (χ3v) is 6.39. The Balaban J connectivity index is 0.000000344. The molecule has 0 spiro atoms. The molecule has 2 N–H and O–H groups in total. The number of hydrogen-bond donors (Lipinski definition) is 2. The van der Waals surface area contributed by atoms with Crippen molar-refractivity contribution >= 4 is 34.2 Å². The van der Waals surface area contributed by atoms with Gasteiger partial charge in [0.05, 0.1) is 23.0 Å². The Hall–Kier alpha value is -3.62. The second kappa shape index (κ2) is 9.32. The van der Waals surface area contributed by atoms with Gasteiger partial charge in [-0.2, -0.15) is 18.2 Å². The molecule has 2 aliphatic rings. The molecule has 1 unspecified atom stereocenters. The van der Waals surface area contributed by atoms with Gasteiger partial charge in [-0.15, -0.1) is 10.2 Å². The fraction of sp³-hybridized carbons (Fsp3) is 0.316. The fourth-order valence-corrected chi connectivity index (χ4v) is 4.66. The summed E-state index contributed by atoms with van der Waals surface area (Å²) >= 11 is 0. The van der Waals surface area contributed by atoms with E-state index in [-0.39, 0.29) is 5.82 Å².